The zero-order chi connectivity index (χ0) is 14.4. The molecule has 1 amide bonds. The Kier molecular flexibility index (Phi) is 5.15. The van der Waals surface area contributed by atoms with E-state index < -0.39 is 0 Å². The van der Waals surface area contributed by atoms with Gasteiger partial charge < -0.3 is 15.8 Å². The summed E-state index contributed by atoms with van der Waals surface area (Å²) in [6.45, 7) is 1.38. The van der Waals surface area contributed by atoms with Crippen LogP contribution >= 0.6 is 11.3 Å². The molecular weight excluding hydrogens is 272 g/mol. The molecule has 0 spiro atoms. The topological polar surface area (TPSA) is 64.3 Å². The molecule has 0 fully saturated rings. The standard InChI is InChI=1S/C15H18N2O2S/c1-19-7-6-11-4-2-3-5-14(11)17-9-13-8-12(10-20-13)15(16)18/h2-5,8,10,17H,6-7,9H2,1H3,(H2,16,18). The average molecular weight is 290 g/mol. The van der Waals surface area contributed by atoms with Gasteiger partial charge in [0.15, 0.2) is 0 Å². The highest BCUT2D eigenvalue weighted by atomic mass is 32.1. The molecule has 4 nitrogen and oxygen atoms in total. The number of para-hydroxylation sites is 1. The maximum Gasteiger partial charge on any atom is 0.249 e. The summed E-state index contributed by atoms with van der Waals surface area (Å²) >= 11 is 1.53. The van der Waals surface area contributed by atoms with Crippen LogP contribution in [0.2, 0.25) is 0 Å². The van der Waals surface area contributed by atoms with Crippen molar-refractivity contribution in [3.63, 3.8) is 0 Å². The molecule has 5 heteroatoms. The van der Waals surface area contributed by atoms with E-state index >= 15 is 0 Å². The molecule has 1 aromatic carbocycles. The van der Waals surface area contributed by atoms with Gasteiger partial charge >= 0.3 is 0 Å². The van der Waals surface area contributed by atoms with Gasteiger partial charge in [-0.15, -0.1) is 11.3 Å². The molecule has 1 heterocycles. The van der Waals surface area contributed by atoms with Crippen LogP contribution in [0.5, 0.6) is 0 Å². The van der Waals surface area contributed by atoms with E-state index in [4.69, 9.17) is 10.5 Å². The van der Waals surface area contributed by atoms with E-state index in [-0.39, 0.29) is 5.91 Å². The van der Waals surface area contributed by atoms with E-state index in [0.717, 1.165) is 17.0 Å². The van der Waals surface area contributed by atoms with Gasteiger partial charge in [0, 0.05) is 29.6 Å². The number of methoxy groups -OCH3 is 1. The smallest absolute Gasteiger partial charge is 0.249 e. The van der Waals surface area contributed by atoms with Gasteiger partial charge in [0.05, 0.1) is 12.2 Å². The lowest BCUT2D eigenvalue weighted by Crippen LogP contribution is -2.09. The third kappa shape index (κ3) is 3.82. The SMILES string of the molecule is COCCc1ccccc1NCc1cc(C(N)=O)cs1. The van der Waals surface area contributed by atoms with Gasteiger partial charge in [-0.1, -0.05) is 18.2 Å². The van der Waals surface area contributed by atoms with Gasteiger partial charge in [0.25, 0.3) is 0 Å². The first-order valence-electron chi connectivity index (χ1n) is 6.38. The van der Waals surface area contributed by atoms with Crippen molar-refractivity contribution in [3.8, 4) is 0 Å². The summed E-state index contributed by atoms with van der Waals surface area (Å²) in [6.07, 6.45) is 0.872. The number of benzene rings is 1. The molecule has 2 rings (SSSR count). The van der Waals surface area contributed by atoms with Gasteiger partial charge in [-0.25, -0.2) is 0 Å². The first-order chi connectivity index (χ1) is 9.70. The molecule has 0 unspecified atom stereocenters. The summed E-state index contributed by atoms with van der Waals surface area (Å²) in [5, 5.41) is 5.18. The van der Waals surface area contributed by atoms with Crippen molar-refractivity contribution in [2.75, 3.05) is 19.0 Å². The summed E-state index contributed by atoms with van der Waals surface area (Å²) in [6, 6.07) is 9.99. The Morgan fingerprint density at radius 1 is 1.40 bits per heavy atom. The Labute approximate surface area is 122 Å². The fourth-order valence-electron chi connectivity index (χ4n) is 1.91. The van der Waals surface area contributed by atoms with Crippen molar-refractivity contribution in [2.45, 2.75) is 13.0 Å². The molecule has 106 valence electrons. The van der Waals surface area contributed by atoms with Crippen molar-refractivity contribution < 1.29 is 9.53 Å². The molecule has 0 bridgehead atoms. The lowest BCUT2D eigenvalue weighted by molar-refractivity contribution is 0.100. The van der Waals surface area contributed by atoms with E-state index in [2.05, 4.69) is 11.4 Å². The first kappa shape index (κ1) is 14.6. The number of thiophene rings is 1. The molecule has 1 aromatic heterocycles. The lowest BCUT2D eigenvalue weighted by atomic mass is 10.1. The molecule has 0 radical (unpaired) electrons. The molecule has 3 N–H and O–H groups in total. The average Bonchev–Trinajstić information content (AvgIpc) is 2.93. The number of ether oxygens (including phenoxy) is 1. The highest BCUT2D eigenvalue weighted by Gasteiger charge is 2.06. The molecule has 2 aromatic rings. The van der Waals surface area contributed by atoms with Crippen LogP contribution < -0.4 is 11.1 Å². The minimum atomic E-state index is -0.381. The Morgan fingerprint density at radius 3 is 2.90 bits per heavy atom. The van der Waals surface area contributed by atoms with E-state index in [1.54, 1.807) is 12.5 Å². The Morgan fingerprint density at radius 2 is 2.20 bits per heavy atom. The number of nitrogens with one attached hydrogen (secondary N) is 1. The highest BCUT2D eigenvalue weighted by Crippen LogP contribution is 2.19. The number of primary amides is 1. The molecule has 0 aliphatic heterocycles. The van der Waals surface area contributed by atoms with Crippen LogP contribution in [-0.2, 0) is 17.7 Å². The predicted octanol–water partition coefficient (Wildman–Crippen LogP) is 2.65. The number of carbonyl (C=O) groups is 1. The second-order valence-electron chi connectivity index (χ2n) is 4.42. The van der Waals surface area contributed by atoms with Crippen molar-refractivity contribution in [1.82, 2.24) is 0 Å². The number of hydrogen-bond donors (Lipinski definition) is 2. The van der Waals surface area contributed by atoms with E-state index in [9.17, 15) is 4.79 Å². The summed E-state index contributed by atoms with van der Waals surface area (Å²) < 4.78 is 5.12. The molecule has 20 heavy (non-hydrogen) atoms. The molecular formula is C15H18N2O2S. The number of nitrogens with two attached hydrogens (primary N) is 1. The van der Waals surface area contributed by atoms with Crippen molar-refractivity contribution >= 4 is 22.9 Å². The van der Waals surface area contributed by atoms with Crippen LogP contribution in [0, 0.1) is 0 Å². The maximum atomic E-state index is 11.1. The summed E-state index contributed by atoms with van der Waals surface area (Å²) in [5.74, 6) is -0.381. The van der Waals surface area contributed by atoms with Crippen LogP contribution in [-0.4, -0.2) is 19.6 Å². The largest absolute Gasteiger partial charge is 0.384 e. The normalized spacial score (nSPS) is 10.4. The summed E-state index contributed by atoms with van der Waals surface area (Å²) in [4.78, 5) is 12.1. The number of rotatable bonds is 7. The number of carbonyl (C=O) groups excluding carboxylic acids is 1. The molecule has 0 aliphatic rings. The van der Waals surface area contributed by atoms with Gasteiger partial charge in [-0.05, 0) is 24.1 Å². The number of amides is 1. The zero-order valence-electron chi connectivity index (χ0n) is 11.4. The fourth-order valence-corrected chi connectivity index (χ4v) is 2.72. The monoisotopic (exact) mass is 290 g/mol. The van der Waals surface area contributed by atoms with Crippen LogP contribution in [0.1, 0.15) is 20.8 Å². The zero-order valence-corrected chi connectivity index (χ0v) is 12.2. The number of hydrogen-bond acceptors (Lipinski definition) is 4. The lowest BCUT2D eigenvalue weighted by Gasteiger charge is -2.11. The second-order valence-corrected chi connectivity index (χ2v) is 5.42. The highest BCUT2D eigenvalue weighted by molar-refractivity contribution is 7.10. The first-order valence-corrected chi connectivity index (χ1v) is 7.26. The summed E-state index contributed by atoms with van der Waals surface area (Å²) in [7, 11) is 1.70. The predicted molar refractivity (Wildman–Crippen MR) is 82.2 cm³/mol. The third-order valence-electron chi connectivity index (χ3n) is 2.98. The van der Waals surface area contributed by atoms with Gasteiger partial charge in [-0.3, -0.25) is 4.79 Å². The second kappa shape index (κ2) is 7.07. The van der Waals surface area contributed by atoms with Crippen LogP contribution in [0.3, 0.4) is 0 Å². The van der Waals surface area contributed by atoms with Gasteiger partial charge in [0.1, 0.15) is 0 Å². The molecule has 0 saturated carbocycles. The summed E-state index contributed by atoms with van der Waals surface area (Å²) in [5.41, 5.74) is 8.13. The van der Waals surface area contributed by atoms with Gasteiger partial charge in [0.2, 0.25) is 5.91 Å². The molecule has 0 saturated heterocycles. The van der Waals surface area contributed by atoms with Crippen molar-refractivity contribution in [2.24, 2.45) is 5.73 Å². The van der Waals surface area contributed by atoms with E-state index in [1.165, 1.54) is 16.9 Å². The minimum Gasteiger partial charge on any atom is -0.384 e. The fraction of sp³-hybridized carbons (Fsp3) is 0.267. The molecule has 0 aliphatic carbocycles. The van der Waals surface area contributed by atoms with E-state index in [0.29, 0.717) is 18.7 Å². The van der Waals surface area contributed by atoms with Gasteiger partial charge in [-0.2, -0.15) is 0 Å². The van der Waals surface area contributed by atoms with E-state index in [1.807, 2.05) is 24.3 Å². The maximum absolute atomic E-state index is 11.1. The quantitative estimate of drug-likeness (QED) is 0.824. The van der Waals surface area contributed by atoms with Crippen molar-refractivity contribution in [3.05, 3.63) is 51.7 Å². The van der Waals surface area contributed by atoms with Crippen LogP contribution in [0.4, 0.5) is 5.69 Å². The van der Waals surface area contributed by atoms with Crippen LogP contribution in [0.25, 0.3) is 0 Å². The number of anilines is 1. The Bertz CT molecular complexity index is 581. The van der Waals surface area contributed by atoms with Crippen molar-refractivity contribution in [1.29, 1.82) is 0 Å². The Balaban J connectivity index is 2.00. The minimum absolute atomic E-state index is 0.381. The van der Waals surface area contributed by atoms with Crippen LogP contribution in [0.15, 0.2) is 35.7 Å². The third-order valence-corrected chi connectivity index (χ3v) is 3.92. The Hall–Kier alpha value is -1.85. The molecule has 0 atom stereocenters.